The van der Waals surface area contributed by atoms with Crippen LogP contribution in [-0.2, 0) is 12.4 Å². The van der Waals surface area contributed by atoms with Gasteiger partial charge in [-0.1, -0.05) is 6.07 Å². The number of halogens is 6. The van der Waals surface area contributed by atoms with E-state index in [0.29, 0.717) is 16.3 Å². The van der Waals surface area contributed by atoms with Gasteiger partial charge in [0.1, 0.15) is 5.84 Å². The molecule has 0 spiro atoms. The Morgan fingerprint density at radius 3 is 2.29 bits per heavy atom. The maximum absolute atomic E-state index is 14.3. The van der Waals surface area contributed by atoms with Crippen LogP contribution in [0.3, 0.4) is 0 Å². The zero-order chi connectivity index (χ0) is 24.8. The minimum atomic E-state index is -5.14. The summed E-state index contributed by atoms with van der Waals surface area (Å²) in [7, 11) is 1.34. The molecule has 0 saturated heterocycles. The predicted molar refractivity (Wildman–Crippen MR) is 110 cm³/mol. The number of rotatable bonds is 4. The lowest BCUT2D eigenvalue weighted by atomic mass is 9.97. The molecule has 0 aliphatic carbocycles. The monoisotopic (exact) mass is 480 g/mol. The highest BCUT2D eigenvalue weighted by Crippen LogP contribution is 2.44. The van der Waals surface area contributed by atoms with Gasteiger partial charge in [-0.05, 0) is 24.3 Å². The van der Waals surface area contributed by atoms with Gasteiger partial charge in [-0.3, -0.25) is 10.4 Å². The van der Waals surface area contributed by atoms with E-state index in [0.717, 1.165) is 12.3 Å². The quantitative estimate of drug-likeness (QED) is 0.248. The molecule has 4 aromatic rings. The molecular formula is C21H14F6N6O. The lowest BCUT2D eigenvalue weighted by Gasteiger charge is -2.18. The van der Waals surface area contributed by atoms with Crippen molar-refractivity contribution in [3.8, 4) is 22.7 Å². The highest BCUT2D eigenvalue weighted by atomic mass is 19.4. The van der Waals surface area contributed by atoms with Crippen LogP contribution in [0, 0.1) is 5.41 Å². The van der Waals surface area contributed by atoms with E-state index in [4.69, 9.17) is 15.9 Å². The molecule has 3 aromatic heterocycles. The molecule has 0 bridgehead atoms. The Hall–Kier alpha value is -4.16. The number of alkyl halides is 6. The van der Waals surface area contributed by atoms with Gasteiger partial charge in [0.2, 0.25) is 5.88 Å². The summed E-state index contributed by atoms with van der Waals surface area (Å²) in [5.74, 6) is -0.712. The van der Waals surface area contributed by atoms with Crippen LogP contribution in [0.4, 0.5) is 26.3 Å². The van der Waals surface area contributed by atoms with Crippen molar-refractivity contribution in [3.63, 3.8) is 0 Å². The first kappa shape index (κ1) is 23.0. The molecule has 34 heavy (non-hydrogen) atoms. The fraction of sp³-hybridized carbons (Fsp3) is 0.143. The largest absolute Gasteiger partial charge is 0.481 e. The van der Waals surface area contributed by atoms with Crippen molar-refractivity contribution in [1.82, 2.24) is 19.7 Å². The standard InChI is InChI=1S/C21H14F6N6O/c1-34-19-11-3-2-4-14(10(11)5-8-31-19)33-17(21(25,26)27)13(9-32-33)15-12(18(28)29)6-7-30-16(15)20(22,23)24/h2-9H,1H3,(H3,28,29). The summed E-state index contributed by atoms with van der Waals surface area (Å²) >= 11 is 0. The first-order chi connectivity index (χ1) is 15.9. The van der Waals surface area contributed by atoms with Gasteiger partial charge in [-0.15, -0.1) is 0 Å². The minimum absolute atomic E-state index is 0.0707. The molecule has 0 unspecified atom stereocenters. The molecule has 0 aliphatic heterocycles. The van der Waals surface area contributed by atoms with Crippen molar-refractivity contribution in [3.05, 3.63) is 65.9 Å². The minimum Gasteiger partial charge on any atom is -0.481 e. The van der Waals surface area contributed by atoms with Gasteiger partial charge in [0.05, 0.1) is 19.0 Å². The van der Waals surface area contributed by atoms with E-state index in [-0.39, 0.29) is 17.0 Å². The van der Waals surface area contributed by atoms with E-state index in [1.54, 1.807) is 6.07 Å². The second-order valence-corrected chi connectivity index (χ2v) is 7.00. The van der Waals surface area contributed by atoms with Gasteiger partial charge in [0, 0.05) is 39.9 Å². The molecule has 1 aromatic carbocycles. The summed E-state index contributed by atoms with van der Waals surface area (Å²) in [6.07, 6.45) is -7.56. The highest BCUT2D eigenvalue weighted by Gasteiger charge is 2.44. The Morgan fingerprint density at radius 2 is 1.68 bits per heavy atom. The first-order valence-electron chi connectivity index (χ1n) is 9.43. The Labute approximate surface area is 187 Å². The summed E-state index contributed by atoms with van der Waals surface area (Å²) in [6, 6.07) is 6.71. The summed E-state index contributed by atoms with van der Waals surface area (Å²) in [5.41, 5.74) is -0.235. The molecule has 13 heteroatoms. The zero-order valence-corrected chi connectivity index (χ0v) is 17.2. The topological polar surface area (TPSA) is 103 Å². The average molecular weight is 480 g/mol. The lowest BCUT2D eigenvalue weighted by Crippen LogP contribution is -2.20. The second-order valence-electron chi connectivity index (χ2n) is 7.00. The molecule has 0 radical (unpaired) electrons. The van der Waals surface area contributed by atoms with Crippen LogP contribution >= 0.6 is 0 Å². The predicted octanol–water partition coefficient (Wildman–Crippen LogP) is 4.81. The third kappa shape index (κ3) is 3.78. The van der Waals surface area contributed by atoms with Crippen LogP contribution in [0.2, 0.25) is 0 Å². The van der Waals surface area contributed by atoms with Crippen molar-refractivity contribution in [1.29, 1.82) is 5.41 Å². The molecule has 4 rings (SSSR count). The van der Waals surface area contributed by atoms with E-state index in [9.17, 15) is 26.3 Å². The van der Waals surface area contributed by atoms with Gasteiger partial charge in [0.25, 0.3) is 0 Å². The van der Waals surface area contributed by atoms with E-state index in [1.807, 2.05) is 0 Å². The van der Waals surface area contributed by atoms with E-state index in [2.05, 4.69) is 15.1 Å². The van der Waals surface area contributed by atoms with Gasteiger partial charge in [-0.2, -0.15) is 31.4 Å². The summed E-state index contributed by atoms with van der Waals surface area (Å²) in [4.78, 5) is 7.25. The molecule has 7 nitrogen and oxygen atoms in total. The van der Waals surface area contributed by atoms with Crippen molar-refractivity contribution >= 4 is 16.6 Å². The SMILES string of the molecule is COc1nccc2c(-n3ncc(-c4c(C(=N)N)ccnc4C(F)(F)F)c3C(F)(F)F)cccc12. The Morgan fingerprint density at radius 1 is 0.971 bits per heavy atom. The van der Waals surface area contributed by atoms with Crippen LogP contribution in [0.1, 0.15) is 17.0 Å². The molecule has 176 valence electrons. The van der Waals surface area contributed by atoms with Crippen LogP contribution < -0.4 is 10.5 Å². The van der Waals surface area contributed by atoms with Crippen molar-refractivity contribution in [2.75, 3.05) is 7.11 Å². The number of hydrogen-bond donors (Lipinski definition) is 2. The van der Waals surface area contributed by atoms with Gasteiger partial charge in [-0.25, -0.2) is 9.67 Å². The molecule has 3 N–H and O–H groups in total. The fourth-order valence-corrected chi connectivity index (χ4v) is 3.67. The number of amidine groups is 1. The number of nitrogens with zero attached hydrogens (tertiary/aromatic N) is 4. The number of nitrogens with two attached hydrogens (primary N) is 1. The van der Waals surface area contributed by atoms with Crippen molar-refractivity contribution in [2.24, 2.45) is 5.73 Å². The van der Waals surface area contributed by atoms with Crippen LogP contribution in [-0.4, -0.2) is 32.7 Å². The Bertz CT molecular complexity index is 1410. The first-order valence-corrected chi connectivity index (χ1v) is 9.43. The number of fused-ring (bicyclic) bond motifs is 1. The number of nitrogens with one attached hydrogen (secondary N) is 1. The van der Waals surface area contributed by atoms with Crippen LogP contribution in [0.25, 0.3) is 27.6 Å². The van der Waals surface area contributed by atoms with E-state index < -0.39 is 46.3 Å². The number of ether oxygens (including phenoxy) is 1. The molecule has 0 amide bonds. The number of hydrogen-bond acceptors (Lipinski definition) is 5. The number of pyridine rings is 2. The number of nitrogen functional groups attached to an aromatic ring is 1. The van der Waals surface area contributed by atoms with E-state index in [1.165, 1.54) is 31.5 Å². The van der Waals surface area contributed by atoms with Crippen LogP contribution in [0.5, 0.6) is 5.88 Å². The summed E-state index contributed by atoms with van der Waals surface area (Å²) in [6.45, 7) is 0. The smallest absolute Gasteiger partial charge is 0.434 e. The third-order valence-electron chi connectivity index (χ3n) is 4.98. The van der Waals surface area contributed by atoms with Gasteiger partial charge < -0.3 is 10.5 Å². The zero-order valence-electron chi connectivity index (χ0n) is 17.2. The van der Waals surface area contributed by atoms with Crippen LogP contribution in [0.15, 0.2) is 48.9 Å². The number of aromatic nitrogens is 4. The average Bonchev–Trinajstić information content (AvgIpc) is 3.22. The lowest BCUT2D eigenvalue weighted by molar-refractivity contribution is -0.144. The number of benzene rings is 1. The Balaban J connectivity index is 2.11. The van der Waals surface area contributed by atoms with Gasteiger partial charge in [0.15, 0.2) is 11.4 Å². The maximum Gasteiger partial charge on any atom is 0.434 e. The normalized spacial score (nSPS) is 12.2. The highest BCUT2D eigenvalue weighted by molar-refractivity contribution is 6.02. The molecule has 0 aliphatic rings. The van der Waals surface area contributed by atoms with Crippen molar-refractivity contribution in [2.45, 2.75) is 12.4 Å². The fourth-order valence-electron chi connectivity index (χ4n) is 3.67. The molecule has 0 saturated carbocycles. The molecular weight excluding hydrogens is 466 g/mol. The van der Waals surface area contributed by atoms with Gasteiger partial charge >= 0.3 is 12.4 Å². The third-order valence-corrected chi connectivity index (χ3v) is 4.98. The maximum atomic E-state index is 14.3. The Kier molecular flexibility index (Phi) is 5.42. The second kappa shape index (κ2) is 8.01. The summed E-state index contributed by atoms with van der Waals surface area (Å²) < 4.78 is 89.8. The summed E-state index contributed by atoms with van der Waals surface area (Å²) in [5, 5.41) is 12.1. The van der Waals surface area contributed by atoms with Crippen molar-refractivity contribution < 1.29 is 31.1 Å². The molecule has 0 atom stereocenters. The number of methoxy groups -OCH3 is 1. The molecule has 0 fully saturated rings. The van der Waals surface area contributed by atoms with E-state index >= 15 is 0 Å². The molecule has 3 heterocycles.